The first-order chi connectivity index (χ1) is 7.16. The minimum atomic E-state index is -0.495. The molecule has 1 N–H and O–H groups in total. The second-order valence-electron chi connectivity index (χ2n) is 4.56. The molecular formula is C13H17FO. The van der Waals surface area contributed by atoms with Crippen molar-refractivity contribution >= 4 is 0 Å². The van der Waals surface area contributed by atoms with E-state index in [1.165, 1.54) is 25.3 Å². The first kappa shape index (κ1) is 10.6. The van der Waals surface area contributed by atoms with Crippen LogP contribution in [0, 0.1) is 18.7 Å². The van der Waals surface area contributed by atoms with Crippen LogP contribution in [0.15, 0.2) is 18.2 Å². The van der Waals surface area contributed by atoms with Crippen molar-refractivity contribution in [3.63, 3.8) is 0 Å². The van der Waals surface area contributed by atoms with Crippen LogP contribution in [0.1, 0.15) is 42.9 Å². The smallest absolute Gasteiger partial charge is 0.126 e. The summed E-state index contributed by atoms with van der Waals surface area (Å²) in [4.78, 5) is 0. The average molecular weight is 208 g/mol. The highest BCUT2D eigenvalue weighted by Crippen LogP contribution is 2.34. The van der Waals surface area contributed by atoms with Gasteiger partial charge in [-0.2, -0.15) is 0 Å². The van der Waals surface area contributed by atoms with Crippen LogP contribution in [0.25, 0.3) is 0 Å². The van der Waals surface area contributed by atoms with Crippen molar-refractivity contribution in [2.45, 2.75) is 38.7 Å². The van der Waals surface area contributed by atoms with Gasteiger partial charge in [0.2, 0.25) is 0 Å². The molecule has 0 spiro atoms. The maximum absolute atomic E-state index is 13.3. The summed E-state index contributed by atoms with van der Waals surface area (Å²) in [7, 11) is 0. The molecule has 0 saturated heterocycles. The molecule has 0 heterocycles. The van der Waals surface area contributed by atoms with Crippen molar-refractivity contribution in [3.8, 4) is 0 Å². The standard InChI is InChI=1S/C13H17FO/c1-9-5-6-11(8-12(9)14)13(15)7-10-3-2-4-10/h5-6,8,10,13,15H,2-4,7H2,1H3. The molecule has 15 heavy (non-hydrogen) atoms. The molecule has 1 aliphatic carbocycles. The van der Waals surface area contributed by atoms with E-state index in [9.17, 15) is 9.50 Å². The fraction of sp³-hybridized carbons (Fsp3) is 0.538. The Morgan fingerprint density at radius 3 is 2.73 bits per heavy atom. The summed E-state index contributed by atoms with van der Waals surface area (Å²) >= 11 is 0. The Hall–Kier alpha value is -0.890. The predicted octanol–water partition coefficient (Wildman–Crippen LogP) is 3.36. The Morgan fingerprint density at radius 2 is 2.20 bits per heavy atom. The molecule has 0 bridgehead atoms. The van der Waals surface area contributed by atoms with Crippen LogP contribution >= 0.6 is 0 Å². The average Bonchev–Trinajstić information content (AvgIpc) is 2.15. The van der Waals surface area contributed by atoms with Gasteiger partial charge in [0.25, 0.3) is 0 Å². The number of hydrogen-bond acceptors (Lipinski definition) is 1. The van der Waals surface area contributed by atoms with Gasteiger partial charge >= 0.3 is 0 Å². The molecule has 1 aromatic carbocycles. The van der Waals surface area contributed by atoms with Gasteiger partial charge in [0, 0.05) is 0 Å². The fourth-order valence-electron chi connectivity index (χ4n) is 2.00. The molecule has 82 valence electrons. The topological polar surface area (TPSA) is 20.2 Å². The van der Waals surface area contributed by atoms with Gasteiger partial charge in [-0.3, -0.25) is 0 Å². The van der Waals surface area contributed by atoms with Crippen LogP contribution in [0.2, 0.25) is 0 Å². The first-order valence-electron chi connectivity index (χ1n) is 5.61. The van der Waals surface area contributed by atoms with E-state index in [0.29, 0.717) is 17.0 Å². The maximum atomic E-state index is 13.3. The van der Waals surface area contributed by atoms with Gasteiger partial charge < -0.3 is 5.11 Å². The lowest BCUT2D eigenvalue weighted by molar-refractivity contribution is 0.118. The molecule has 2 rings (SSSR count). The third kappa shape index (κ3) is 2.37. The summed E-state index contributed by atoms with van der Waals surface area (Å²) in [6.45, 7) is 1.73. The van der Waals surface area contributed by atoms with Crippen molar-refractivity contribution in [2.24, 2.45) is 5.92 Å². The Balaban J connectivity index is 2.03. The largest absolute Gasteiger partial charge is 0.388 e. The normalized spacial score (nSPS) is 18.6. The third-order valence-electron chi connectivity index (χ3n) is 3.36. The number of aliphatic hydroxyl groups excluding tert-OH is 1. The molecule has 2 heteroatoms. The SMILES string of the molecule is Cc1ccc(C(O)CC2CCC2)cc1F. The lowest BCUT2D eigenvalue weighted by Gasteiger charge is -2.27. The molecule has 0 aliphatic heterocycles. The fourth-order valence-corrected chi connectivity index (χ4v) is 2.00. The van der Waals surface area contributed by atoms with Crippen LogP contribution in [0.4, 0.5) is 4.39 Å². The van der Waals surface area contributed by atoms with E-state index in [0.717, 1.165) is 6.42 Å². The van der Waals surface area contributed by atoms with E-state index in [4.69, 9.17) is 0 Å². The number of rotatable bonds is 3. The summed E-state index contributed by atoms with van der Waals surface area (Å²) in [6.07, 6.45) is 3.99. The van der Waals surface area contributed by atoms with Crippen LogP contribution in [0.3, 0.4) is 0 Å². The number of hydrogen-bond donors (Lipinski definition) is 1. The highest BCUT2D eigenvalue weighted by molar-refractivity contribution is 5.24. The summed E-state index contributed by atoms with van der Waals surface area (Å²) in [5.41, 5.74) is 1.35. The van der Waals surface area contributed by atoms with E-state index in [2.05, 4.69) is 0 Å². The molecular weight excluding hydrogens is 191 g/mol. The highest BCUT2D eigenvalue weighted by Gasteiger charge is 2.21. The molecule has 0 amide bonds. The Bertz CT molecular complexity index is 344. The Kier molecular flexibility index (Phi) is 3.06. The highest BCUT2D eigenvalue weighted by atomic mass is 19.1. The molecule has 1 fully saturated rings. The summed E-state index contributed by atoms with van der Waals surface area (Å²) in [6, 6.07) is 5.01. The summed E-state index contributed by atoms with van der Waals surface area (Å²) < 4.78 is 13.3. The van der Waals surface area contributed by atoms with E-state index >= 15 is 0 Å². The van der Waals surface area contributed by atoms with Crippen LogP contribution in [0.5, 0.6) is 0 Å². The van der Waals surface area contributed by atoms with Gasteiger partial charge in [-0.25, -0.2) is 4.39 Å². The predicted molar refractivity (Wildman–Crippen MR) is 58.1 cm³/mol. The van der Waals surface area contributed by atoms with Gasteiger partial charge in [-0.15, -0.1) is 0 Å². The molecule has 1 aromatic rings. The monoisotopic (exact) mass is 208 g/mol. The lowest BCUT2D eigenvalue weighted by Crippen LogP contribution is -2.15. The zero-order valence-electron chi connectivity index (χ0n) is 9.04. The zero-order valence-corrected chi connectivity index (χ0v) is 9.04. The van der Waals surface area contributed by atoms with E-state index in [1.807, 2.05) is 6.07 Å². The molecule has 0 aromatic heterocycles. The minimum Gasteiger partial charge on any atom is -0.388 e. The van der Waals surface area contributed by atoms with Crippen molar-refractivity contribution in [2.75, 3.05) is 0 Å². The van der Waals surface area contributed by atoms with E-state index < -0.39 is 6.10 Å². The quantitative estimate of drug-likeness (QED) is 0.807. The molecule has 0 radical (unpaired) electrons. The van der Waals surface area contributed by atoms with Crippen molar-refractivity contribution in [3.05, 3.63) is 35.1 Å². The maximum Gasteiger partial charge on any atom is 0.126 e. The first-order valence-corrected chi connectivity index (χ1v) is 5.61. The molecule has 1 aliphatic rings. The van der Waals surface area contributed by atoms with Gasteiger partial charge in [-0.1, -0.05) is 31.4 Å². The summed E-state index contributed by atoms with van der Waals surface area (Å²) in [5.74, 6) is 0.421. The zero-order chi connectivity index (χ0) is 10.8. The lowest BCUT2D eigenvalue weighted by atomic mass is 9.80. The molecule has 1 unspecified atom stereocenters. The van der Waals surface area contributed by atoms with Gasteiger partial charge in [0.05, 0.1) is 6.10 Å². The molecule has 1 atom stereocenters. The Labute approximate surface area is 89.9 Å². The van der Waals surface area contributed by atoms with Gasteiger partial charge in [0.15, 0.2) is 0 Å². The van der Waals surface area contributed by atoms with Crippen molar-refractivity contribution < 1.29 is 9.50 Å². The van der Waals surface area contributed by atoms with Gasteiger partial charge in [-0.05, 0) is 36.5 Å². The second-order valence-corrected chi connectivity index (χ2v) is 4.56. The second kappa shape index (κ2) is 4.31. The van der Waals surface area contributed by atoms with E-state index in [-0.39, 0.29) is 5.82 Å². The number of aliphatic hydroxyl groups is 1. The number of halogens is 1. The minimum absolute atomic E-state index is 0.222. The third-order valence-corrected chi connectivity index (χ3v) is 3.36. The van der Waals surface area contributed by atoms with Crippen LogP contribution in [-0.2, 0) is 0 Å². The summed E-state index contributed by atoms with van der Waals surface area (Å²) in [5, 5.41) is 9.90. The van der Waals surface area contributed by atoms with Gasteiger partial charge in [0.1, 0.15) is 5.82 Å². The molecule has 1 saturated carbocycles. The van der Waals surface area contributed by atoms with Crippen molar-refractivity contribution in [1.29, 1.82) is 0 Å². The Morgan fingerprint density at radius 1 is 1.47 bits per heavy atom. The van der Waals surface area contributed by atoms with E-state index in [1.54, 1.807) is 13.0 Å². The van der Waals surface area contributed by atoms with Crippen LogP contribution < -0.4 is 0 Å². The van der Waals surface area contributed by atoms with Crippen LogP contribution in [-0.4, -0.2) is 5.11 Å². The number of benzene rings is 1. The van der Waals surface area contributed by atoms with Crippen molar-refractivity contribution in [1.82, 2.24) is 0 Å². The molecule has 1 nitrogen and oxygen atoms in total. The number of aryl methyl sites for hydroxylation is 1.